The number of ether oxygens (including phenoxy) is 2. The molecule has 4 nitrogen and oxygen atoms in total. The van der Waals surface area contributed by atoms with Crippen molar-refractivity contribution in [1.29, 1.82) is 0 Å². The van der Waals surface area contributed by atoms with Gasteiger partial charge in [0.1, 0.15) is 6.10 Å². The maximum atomic E-state index is 11.9. The van der Waals surface area contributed by atoms with Crippen LogP contribution in [0.25, 0.3) is 0 Å². The van der Waals surface area contributed by atoms with Crippen molar-refractivity contribution in [2.45, 2.75) is 155 Å². The summed E-state index contributed by atoms with van der Waals surface area (Å²) in [4.78, 5) is 23.7. The molecule has 0 aromatic carbocycles. The number of unbranched alkanes of at least 4 members (excludes halogenated alkanes) is 12. The van der Waals surface area contributed by atoms with E-state index in [0.717, 1.165) is 38.5 Å². The van der Waals surface area contributed by atoms with E-state index in [9.17, 15) is 9.59 Å². The van der Waals surface area contributed by atoms with Crippen LogP contribution in [-0.2, 0) is 19.1 Å². The van der Waals surface area contributed by atoms with Crippen molar-refractivity contribution in [1.82, 2.24) is 0 Å². The summed E-state index contributed by atoms with van der Waals surface area (Å²) in [6.07, 6.45) is 22.1. The molecule has 0 aliphatic rings. The van der Waals surface area contributed by atoms with E-state index in [2.05, 4.69) is 20.8 Å². The average Bonchev–Trinajstić information content (AvgIpc) is 2.74. The van der Waals surface area contributed by atoms with Crippen molar-refractivity contribution in [2.75, 3.05) is 6.61 Å². The number of esters is 2. The SMILES string of the molecule is CCCCCCCCCCCCCCCOC(=O)CCCC(=O)OC(CCC)CCC. The molecule has 0 saturated carbocycles. The molecule has 0 N–H and O–H groups in total. The van der Waals surface area contributed by atoms with Crippen LogP contribution in [-0.4, -0.2) is 24.6 Å². The largest absolute Gasteiger partial charge is 0.466 e. The lowest BCUT2D eigenvalue weighted by Crippen LogP contribution is -2.18. The summed E-state index contributed by atoms with van der Waals surface area (Å²) in [6.45, 7) is 6.98. The van der Waals surface area contributed by atoms with Gasteiger partial charge >= 0.3 is 11.9 Å². The Morgan fingerprint density at radius 1 is 0.548 bits per heavy atom. The predicted octanol–water partition coefficient (Wildman–Crippen LogP) is 8.30. The Labute approximate surface area is 193 Å². The zero-order valence-electron chi connectivity index (χ0n) is 21.1. The molecule has 0 spiro atoms. The van der Waals surface area contributed by atoms with Gasteiger partial charge in [-0.3, -0.25) is 9.59 Å². The fraction of sp³-hybridized carbons (Fsp3) is 0.926. The highest BCUT2D eigenvalue weighted by molar-refractivity contribution is 5.72. The van der Waals surface area contributed by atoms with E-state index < -0.39 is 0 Å². The third-order valence-corrected chi connectivity index (χ3v) is 5.79. The molecule has 0 aliphatic carbocycles. The van der Waals surface area contributed by atoms with E-state index in [-0.39, 0.29) is 18.0 Å². The van der Waals surface area contributed by atoms with E-state index in [4.69, 9.17) is 9.47 Å². The standard InChI is InChI=1S/C27H52O4/c1-4-7-8-9-10-11-12-13-14-15-16-17-18-24-30-26(28)22-19-23-27(29)31-25(20-5-2)21-6-3/h25H,4-24H2,1-3H3. The Balaban J connectivity index is 3.42. The molecule has 0 bridgehead atoms. The first-order valence-corrected chi connectivity index (χ1v) is 13.5. The number of carbonyl (C=O) groups is 2. The van der Waals surface area contributed by atoms with Crippen molar-refractivity contribution in [3.05, 3.63) is 0 Å². The summed E-state index contributed by atoms with van der Waals surface area (Å²) in [5, 5.41) is 0. The second-order valence-corrected chi connectivity index (χ2v) is 9.01. The lowest BCUT2D eigenvalue weighted by Gasteiger charge is -2.16. The van der Waals surface area contributed by atoms with Crippen LogP contribution in [0.15, 0.2) is 0 Å². The topological polar surface area (TPSA) is 52.6 Å². The summed E-state index contributed by atoms with van der Waals surface area (Å²) in [6, 6.07) is 0. The highest BCUT2D eigenvalue weighted by atomic mass is 16.5. The van der Waals surface area contributed by atoms with Gasteiger partial charge < -0.3 is 9.47 Å². The van der Waals surface area contributed by atoms with Crippen LogP contribution >= 0.6 is 0 Å². The van der Waals surface area contributed by atoms with E-state index in [1.165, 1.54) is 70.6 Å². The van der Waals surface area contributed by atoms with Crippen molar-refractivity contribution < 1.29 is 19.1 Å². The molecule has 0 radical (unpaired) electrons. The molecule has 0 fully saturated rings. The Bertz CT molecular complexity index is 402. The quantitative estimate of drug-likeness (QED) is 0.118. The lowest BCUT2D eigenvalue weighted by atomic mass is 10.0. The Kier molecular flexibility index (Phi) is 22.8. The minimum Gasteiger partial charge on any atom is -0.466 e. The molecule has 4 heteroatoms. The van der Waals surface area contributed by atoms with Gasteiger partial charge in [0, 0.05) is 12.8 Å². The molecule has 0 aromatic rings. The van der Waals surface area contributed by atoms with Gasteiger partial charge in [0.2, 0.25) is 0 Å². The summed E-state index contributed by atoms with van der Waals surface area (Å²) in [5.74, 6) is -0.374. The van der Waals surface area contributed by atoms with Crippen LogP contribution in [0.2, 0.25) is 0 Å². The molecule has 0 unspecified atom stereocenters. The van der Waals surface area contributed by atoms with E-state index >= 15 is 0 Å². The van der Waals surface area contributed by atoms with Gasteiger partial charge in [-0.15, -0.1) is 0 Å². The molecule has 0 aromatic heterocycles. The molecular formula is C27H52O4. The molecule has 0 saturated heterocycles. The summed E-state index contributed by atoms with van der Waals surface area (Å²) >= 11 is 0. The molecule has 184 valence electrons. The Hall–Kier alpha value is -1.06. The van der Waals surface area contributed by atoms with Gasteiger partial charge in [-0.25, -0.2) is 0 Å². The monoisotopic (exact) mass is 440 g/mol. The van der Waals surface area contributed by atoms with Gasteiger partial charge in [-0.2, -0.15) is 0 Å². The molecule has 0 rings (SSSR count). The van der Waals surface area contributed by atoms with Crippen molar-refractivity contribution in [3.8, 4) is 0 Å². The van der Waals surface area contributed by atoms with Gasteiger partial charge in [0.15, 0.2) is 0 Å². The average molecular weight is 441 g/mol. The van der Waals surface area contributed by atoms with Crippen molar-refractivity contribution in [2.24, 2.45) is 0 Å². The second kappa shape index (κ2) is 23.6. The molecular weight excluding hydrogens is 388 g/mol. The van der Waals surface area contributed by atoms with E-state index in [1.807, 2.05) is 0 Å². The second-order valence-electron chi connectivity index (χ2n) is 9.01. The molecule has 0 heterocycles. The van der Waals surface area contributed by atoms with E-state index in [0.29, 0.717) is 25.9 Å². The first-order valence-electron chi connectivity index (χ1n) is 13.5. The zero-order chi connectivity index (χ0) is 23.0. The van der Waals surface area contributed by atoms with Crippen LogP contribution in [0.4, 0.5) is 0 Å². The fourth-order valence-electron chi connectivity index (χ4n) is 3.91. The third kappa shape index (κ3) is 21.9. The smallest absolute Gasteiger partial charge is 0.306 e. The van der Waals surface area contributed by atoms with Crippen molar-refractivity contribution in [3.63, 3.8) is 0 Å². The Morgan fingerprint density at radius 2 is 1.00 bits per heavy atom. The maximum Gasteiger partial charge on any atom is 0.306 e. The normalized spacial score (nSPS) is 11.1. The minimum absolute atomic E-state index is 0.0324. The molecule has 31 heavy (non-hydrogen) atoms. The van der Waals surface area contributed by atoms with Crippen LogP contribution in [0.1, 0.15) is 149 Å². The van der Waals surface area contributed by atoms with E-state index in [1.54, 1.807) is 0 Å². The summed E-state index contributed by atoms with van der Waals surface area (Å²) in [5.41, 5.74) is 0. The molecule has 0 amide bonds. The first-order chi connectivity index (χ1) is 15.1. The fourth-order valence-corrected chi connectivity index (χ4v) is 3.91. The van der Waals surface area contributed by atoms with Crippen LogP contribution in [0, 0.1) is 0 Å². The van der Waals surface area contributed by atoms with Crippen LogP contribution < -0.4 is 0 Å². The number of hydrogen-bond donors (Lipinski definition) is 0. The lowest BCUT2D eigenvalue weighted by molar-refractivity contribution is -0.150. The number of rotatable bonds is 23. The van der Waals surface area contributed by atoms with Gasteiger partial charge in [-0.05, 0) is 25.7 Å². The zero-order valence-corrected chi connectivity index (χ0v) is 21.1. The van der Waals surface area contributed by atoms with Gasteiger partial charge in [0.25, 0.3) is 0 Å². The van der Waals surface area contributed by atoms with Gasteiger partial charge in [0.05, 0.1) is 6.61 Å². The first kappa shape index (κ1) is 29.9. The third-order valence-electron chi connectivity index (χ3n) is 5.79. The highest BCUT2D eigenvalue weighted by Gasteiger charge is 2.13. The van der Waals surface area contributed by atoms with Crippen LogP contribution in [0.3, 0.4) is 0 Å². The molecule has 0 atom stereocenters. The molecule has 0 aliphatic heterocycles. The predicted molar refractivity (Wildman–Crippen MR) is 130 cm³/mol. The number of carbonyl (C=O) groups excluding carboxylic acids is 2. The van der Waals surface area contributed by atoms with Crippen LogP contribution in [0.5, 0.6) is 0 Å². The highest BCUT2D eigenvalue weighted by Crippen LogP contribution is 2.13. The van der Waals surface area contributed by atoms with Crippen molar-refractivity contribution >= 4 is 11.9 Å². The number of hydrogen-bond acceptors (Lipinski definition) is 4. The summed E-state index contributed by atoms with van der Waals surface area (Å²) < 4.78 is 10.8. The maximum absolute atomic E-state index is 11.9. The van der Waals surface area contributed by atoms with Gasteiger partial charge in [-0.1, -0.05) is 111 Å². The minimum atomic E-state index is -0.189. The summed E-state index contributed by atoms with van der Waals surface area (Å²) in [7, 11) is 0. The Morgan fingerprint density at radius 3 is 1.48 bits per heavy atom.